The first kappa shape index (κ1) is 16.8. The number of rotatable bonds is 3. The third kappa shape index (κ3) is 3.88. The summed E-state index contributed by atoms with van der Waals surface area (Å²) in [6, 6.07) is 16.5. The number of nitrogens with two attached hydrogens (primary N) is 3. The normalized spacial score (nSPS) is 11.4. The third-order valence-corrected chi connectivity index (χ3v) is 3.84. The molecular weight excluding hydrogens is 336 g/mol. The average molecular weight is 353 g/mol. The predicted octanol–water partition coefficient (Wildman–Crippen LogP) is 3.11. The highest BCUT2D eigenvalue weighted by Gasteiger charge is 2.11. The van der Waals surface area contributed by atoms with E-state index >= 15 is 0 Å². The molecule has 0 spiro atoms. The Bertz CT molecular complexity index is 921. The fourth-order valence-corrected chi connectivity index (χ4v) is 2.53. The molecule has 0 amide bonds. The van der Waals surface area contributed by atoms with Crippen molar-refractivity contribution in [3.8, 4) is 11.1 Å². The van der Waals surface area contributed by atoms with Crippen molar-refractivity contribution in [1.29, 1.82) is 0 Å². The number of hydrazine groups is 1. The maximum atomic E-state index is 6.02. The molecule has 0 unspecified atom stereocenters. The van der Waals surface area contributed by atoms with E-state index in [0.717, 1.165) is 11.1 Å². The molecule has 0 aliphatic heterocycles. The van der Waals surface area contributed by atoms with Crippen molar-refractivity contribution in [2.24, 2.45) is 10.8 Å². The summed E-state index contributed by atoms with van der Waals surface area (Å²) in [6.45, 7) is 0. The molecule has 0 bridgehead atoms. The molecule has 0 fully saturated rings. The monoisotopic (exact) mass is 352 g/mol. The SMILES string of the molecule is NNC(=Nc1cccc(Cl)c1)c1cc(-c2ccc(N)cc2)cnc1N. The first-order valence-corrected chi connectivity index (χ1v) is 7.87. The van der Waals surface area contributed by atoms with Gasteiger partial charge < -0.3 is 16.9 Å². The van der Waals surface area contributed by atoms with Crippen LogP contribution in [0.1, 0.15) is 5.56 Å². The van der Waals surface area contributed by atoms with Gasteiger partial charge in [0.15, 0.2) is 5.84 Å². The number of nitrogens with one attached hydrogen (secondary N) is 1. The van der Waals surface area contributed by atoms with Gasteiger partial charge in [-0.05, 0) is 42.0 Å². The summed E-state index contributed by atoms with van der Waals surface area (Å²) in [7, 11) is 0. The van der Waals surface area contributed by atoms with E-state index in [1.807, 2.05) is 42.5 Å². The molecule has 7 heteroatoms. The lowest BCUT2D eigenvalue weighted by Crippen LogP contribution is -2.31. The fourth-order valence-electron chi connectivity index (χ4n) is 2.34. The summed E-state index contributed by atoms with van der Waals surface area (Å²) in [4.78, 5) is 8.72. The van der Waals surface area contributed by atoms with Gasteiger partial charge in [0.1, 0.15) is 5.82 Å². The van der Waals surface area contributed by atoms with E-state index in [0.29, 0.717) is 33.6 Å². The Morgan fingerprint density at radius 3 is 2.44 bits per heavy atom. The number of nitrogens with zero attached hydrogens (tertiary/aromatic N) is 2. The Labute approximate surface area is 150 Å². The van der Waals surface area contributed by atoms with E-state index in [2.05, 4.69) is 15.4 Å². The van der Waals surface area contributed by atoms with Crippen molar-refractivity contribution < 1.29 is 0 Å². The van der Waals surface area contributed by atoms with Gasteiger partial charge in [-0.1, -0.05) is 29.8 Å². The Morgan fingerprint density at radius 2 is 1.76 bits per heavy atom. The van der Waals surface area contributed by atoms with Crippen molar-refractivity contribution in [2.45, 2.75) is 0 Å². The molecule has 126 valence electrons. The van der Waals surface area contributed by atoms with Crippen LogP contribution in [-0.2, 0) is 0 Å². The van der Waals surface area contributed by atoms with Crippen LogP contribution in [0.3, 0.4) is 0 Å². The van der Waals surface area contributed by atoms with Crippen LogP contribution in [0, 0.1) is 0 Å². The highest BCUT2D eigenvalue weighted by Crippen LogP contribution is 2.24. The molecule has 6 nitrogen and oxygen atoms in total. The van der Waals surface area contributed by atoms with Gasteiger partial charge in [-0.25, -0.2) is 15.8 Å². The number of hydrogen-bond donors (Lipinski definition) is 4. The van der Waals surface area contributed by atoms with Gasteiger partial charge >= 0.3 is 0 Å². The van der Waals surface area contributed by atoms with Crippen LogP contribution in [-0.4, -0.2) is 10.8 Å². The molecule has 0 saturated carbocycles. The third-order valence-electron chi connectivity index (χ3n) is 3.60. The van der Waals surface area contributed by atoms with Gasteiger partial charge in [-0.2, -0.15) is 0 Å². The molecule has 0 atom stereocenters. The number of amidine groups is 1. The number of aromatic nitrogens is 1. The van der Waals surface area contributed by atoms with Gasteiger partial charge in [0, 0.05) is 22.5 Å². The molecule has 0 aliphatic carbocycles. The quantitative estimate of drug-likeness (QED) is 0.190. The molecule has 2 aromatic carbocycles. The molecule has 3 rings (SSSR count). The largest absolute Gasteiger partial charge is 0.399 e. The van der Waals surface area contributed by atoms with Crippen molar-refractivity contribution in [2.75, 3.05) is 11.5 Å². The van der Waals surface area contributed by atoms with Gasteiger partial charge in [-0.3, -0.25) is 0 Å². The lowest BCUT2D eigenvalue weighted by atomic mass is 10.0. The number of halogens is 1. The fraction of sp³-hybridized carbons (Fsp3) is 0. The van der Waals surface area contributed by atoms with Crippen molar-refractivity contribution in [3.05, 3.63) is 71.4 Å². The van der Waals surface area contributed by atoms with Crippen LogP contribution < -0.4 is 22.7 Å². The molecule has 0 saturated heterocycles. The molecule has 25 heavy (non-hydrogen) atoms. The van der Waals surface area contributed by atoms with E-state index in [4.69, 9.17) is 28.9 Å². The number of anilines is 2. The number of nitrogen functional groups attached to an aromatic ring is 2. The number of benzene rings is 2. The number of pyridine rings is 1. The first-order valence-electron chi connectivity index (χ1n) is 7.49. The molecule has 7 N–H and O–H groups in total. The maximum absolute atomic E-state index is 6.02. The minimum absolute atomic E-state index is 0.318. The van der Waals surface area contributed by atoms with E-state index in [-0.39, 0.29) is 0 Å². The van der Waals surface area contributed by atoms with Crippen LogP contribution in [0.25, 0.3) is 11.1 Å². The summed E-state index contributed by atoms with van der Waals surface area (Å²) in [5, 5.41) is 0.583. The van der Waals surface area contributed by atoms with Crippen molar-refractivity contribution >= 4 is 34.6 Å². The van der Waals surface area contributed by atoms with Crippen molar-refractivity contribution in [3.63, 3.8) is 0 Å². The molecular formula is C18H17ClN6. The van der Waals surface area contributed by atoms with Crippen molar-refractivity contribution in [1.82, 2.24) is 10.4 Å². The van der Waals surface area contributed by atoms with Gasteiger partial charge in [0.05, 0.1) is 11.3 Å². The molecule has 0 radical (unpaired) electrons. The Balaban J connectivity index is 2.05. The highest BCUT2D eigenvalue weighted by atomic mass is 35.5. The molecule has 3 aromatic rings. The summed E-state index contributed by atoms with van der Waals surface area (Å²) in [6.07, 6.45) is 1.69. The minimum atomic E-state index is 0.318. The molecule has 0 aliphatic rings. The van der Waals surface area contributed by atoms with E-state index in [9.17, 15) is 0 Å². The Kier molecular flexibility index (Phi) is 4.83. The standard InChI is InChI=1S/C18H17ClN6/c19-13-2-1-3-15(9-13)24-18(25-22)16-8-12(10-23-17(16)21)11-4-6-14(20)7-5-11/h1-10H,20,22H2,(H2,21,23)(H,24,25). The van der Waals surface area contributed by atoms with Crippen LogP contribution in [0.4, 0.5) is 17.2 Å². The van der Waals surface area contributed by atoms with Crippen LogP contribution in [0.15, 0.2) is 65.8 Å². The smallest absolute Gasteiger partial charge is 0.151 e. The summed E-state index contributed by atoms with van der Waals surface area (Å²) in [5.74, 6) is 6.37. The van der Waals surface area contributed by atoms with E-state index in [1.165, 1.54) is 0 Å². The lowest BCUT2D eigenvalue weighted by Gasteiger charge is -2.11. The summed E-state index contributed by atoms with van der Waals surface area (Å²) >= 11 is 6.00. The predicted molar refractivity (Wildman–Crippen MR) is 103 cm³/mol. The zero-order valence-corrected chi connectivity index (χ0v) is 14.0. The highest BCUT2D eigenvalue weighted by molar-refractivity contribution is 6.30. The number of hydrogen-bond acceptors (Lipinski definition) is 5. The average Bonchev–Trinajstić information content (AvgIpc) is 2.61. The summed E-state index contributed by atoms with van der Waals surface area (Å²) in [5.41, 5.74) is 18.1. The Morgan fingerprint density at radius 1 is 1.00 bits per heavy atom. The zero-order chi connectivity index (χ0) is 17.8. The zero-order valence-electron chi connectivity index (χ0n) is 13.3. The summed E-state index contributed by atoms with van der Waals surface area (Å²) < 4.78 is 0. The van der Waals surface area contributed by atoms with Gasteiger partial charge in [0.25, 0.3) is 0 Å². The Hall–Kier alpha value is -3.09. The topological polar surface area (TPSA) is 115 Å². The number of aliphatic imine (C=N–C) groups is 1. The molecule has 1 aromatic heterocycles. The molecule has 1 heterocycles. The second-order valence-electron chi connectivity index (χ2n) is 5.36. The van der Waals surface area contributed by atoms with Crippen LogP contribution >= 0.6 is 11.6 Å². The maximum Gasteiger partial charge on any atom is 0.151 e. The first-order chi connectivity index (χ1) is 12.1. The van der Waals surface area contributed by atoms with E-state index in [1.54, 1.807) is 18.3 Å². The lowest BCUT2D eigenvalue weighted by molar-refractivity contribution is 1.02. The minimum Gasteiger partial charge on any atom is -0.399 e. The van der Waals surface area contributed by atoms with Crippen LogP contribution in [0.2, 0.25) is 5.02 Å². The van der Waals surface area contributed by atoms with Gasteiger partial charge in [0.2, 0.25) is 0 Å². The van der Waals surface area contributed by atoms with Gasteiger partial charge in [-0.15, -0.1) is 0 Å². The second kappa shape index (κ2) is 7.21. The van der Waals surface area contributed by atoms with E-state index < -0.39 is 0 Å². The second-order valence-corrected chi connectivity index (χ2v) is 5.80. The van der Waals surface area contributed by atoms with Crippen LogP contribution in [0.5, 0.6) is 0 Å².